The summed E-state index contributed by atoms with van der Waals surface area (Å²) < 4.78 is 0.980. The van der Waals surface area contributed by atoms with Crippen LogP contribution in [0.1, 0.15) is 48.9 Å². The van der Waals surface area contributed by atoms with E-state index in [1.54, 1.807) is 4.90 Å². The van der Waals surface area contributed by atoms with Crippen LogP contribution in [0.3, 0.4) is 0 Å². The maximum Gasteiger partial charge on any atom is 0.243 e. The first-order chi connectivity index (χ1) is 16.9. The summed E-state index contributed by atoms with van der Waals surface area (Å²) in [5, 5.41) is 3.12. The fraction of sp³-hybridized carbons (Fsp3) is 0.333. The lowest BCUT2D eigenvalue weighted by Gasteiger charge is -2.32. The third-order valence-electron chi connectivity index (χ3n) is 6.29. The highest BCUT2D eigenvalue weighted by Gasteiger charge is 2.30. The van der Waals surface area contributed by atoms with Crippen molar-refractivity contribution in [1.29, 1.82) is 0 Å². The molecule has 5 heteroatoms. The van der Waals surface area contributed by atoms with E-state index in [2.05, 4.69) is 52.4 Å². The molecule has 2 atom stereocenters. The topological polar surface area (TPSA) is 49.4 Å². The molecule has 0 aliphatic rings. The van der Waals surface area contributed by atoms with E-state index in [0.29, 0.717) is 25.8 Å². The number of nitrogens with one attached hydrogen (secondary N) is 1. The van der Waals surface area contributed by atoms with Crippen LogP contribution in [0.2, 0.25) is 0 Å². The van der Waals surface area contributed by atoms with E-state index in [4.69, 9.17) is 0 Å². The highest BCUT2D eigenvalue weighted by atomic mass is 79.9. The van der Waals surface area contributed by atoms with E-state index in [-0.39, 0.29) is 17.9 Å². The average Bonchev–Trinajstić information content (AvgIpc) is 2.87. The molecule has 0 saturated carbocycles. The Bertz CT molecular complexity index is 1080. The van der Waals surface area contributed by atoms with Crippen LogP contribution in [-0.2, 0) is 29.0 Å². The van der Waals surface area contributed by atoms with Crippen LogP contribution in [0, 0.1) is 6.92 Å². The molecule has 35 heavy (non-hydrogen) atoms. The Morgan fingerprint density at radius 3 is 2.14 bits per heavy atom. The first-order valence-electron chi connectivity index (χ1n) is 12.3. The van der Waals surface area contributed by atoms with Gasteiger partial charge in [-0.1, -0.05) is 95.1 Å². The molecule has 0 aromatic heterocycles. The summed E-state index contributed by atoms with van der Waals surface area (Å²) in [6, 6.07) is 25.6. The highest BCUT2D eigenvalue weighted by molar-refractivity contribution is 9.10. The Morgan fingerprint density at radius 2 is 1.51 bits per heavy atom. The zero-order valence-electron chi connectivity index (χ0n) is 20.8. The number of amides is 2. The molecule has 1 N–H and O–H groups in total. The lowest BCUT2D eigenvalue weighted by atomic mass is 10.0. The van der Waals surface area contributed by atoms with Gasteiger partial charge < -0.3 is 10.2 Å². The Labute approximate surface area is 217 Å². The van der Waals surface area contributed by atoms with Gasteiger partial charge >= 0.3 is 0 Å². The second-order valence-corrected chi connectivity index (χ2v) is 10.1. The maximum absolute atomic E-state index is 13.7. The van der Waals surface area contributed by atoms with Crippen molar-refractivity contribution < 1.29 is 9.59 Å². The zero-order chi connectivity index (χ0) is 25.2. The number of rotatable bonds is 11. The molecule has 0 radical (unpaired) electrons. The summed E-state index contributed by atoms with van der Waals surface area (Å²) in [7, 11) is 0. The van der Waals surface area contributed by atoms with E-state index in [1.807, 2.05) is 68.4 Å². The summed E-state index contributed by atoms with van der Waals surface area (Å²) in [6.07, 6.45) is 2.29. The Hall–Kier alpha value is -2.92. The molecule has 0 aliphatic heterocycles. The number of benzene rings is 3. The third-order valence-corrected chi connectivity index (χ3v) is 6.82. The van der Waals surface area contributed by atoms with Crippen molar-refractivity contribution >= 4 is 27.7 Å². The van der Waals surface area contributed by atoms with Gasteiger partial charge in [-0.3, -0.25) is 9.59 Å². The Kier molecular flexibility index (Phi) is 10.1. The first-order valence-corrected chi connectivity index (χ1v) is 13.1. The largest absolute Gasteiger partial charge is 0.352 e. The smallest absolute Gasteiger partial charge is 0.243 e. The number of carbonyl (C=O) groups is 2. The van der Waals surface area contributed by atoms with Crippen LogP contribution < -0.4 is 5.32 Å². The number of hydrogen-bond donors (Lipinski definition) is 1. The van der Waals surface area contributed by atoms with Crippen LogP contribution in [0.25, 0.3) is 0 Å². The molecular formula is C30H35BrN2O2. The second-order valence-electron chi connectivity index (χ2n) is 9.16. The third kappa shape index (κ3) is 8.36. The molecule has 3 aromatic carbocycles. The monoisotopic (exact) mass is 534 g/mol. The van der Waals surface area contributed by atoms with Crippen LogP contribution in [0.4, 0.5) is 0 Å². The molecule has 184 valence electrons. The lowest BCUT2D eigenvalue weighted by Crippen LogP contribution is -2.52. The van der Waals surface area contributed by atoms with Gasteiger partial charge in [0.05, 0.1) is 0 Å². The molecular weight excluding hydrogens is 500 g/mol. The minimum atomic E-state index is -0.597. The maximum atomic E-state index is 13.7. The Morgan fingerprint density at radius 1 is 0.886 bits per heavy atom. The van der Waals surface area contributed by atoms with E-state index >= 15 is 0 Å². The minimum absolute atomic E-state index is 0.0197. The molecule has 3 aromatic rings. The van der Waals surface area contributed by atoms with Crippen molar-refractivity contribution in [3.8, 4) is 0 Å². The molecule has 0 unspecified atom stereocenters. The van der Waals surface area contributed by atoms with E-state index in [1.165, 1.54) is 5.56 Å². The van der Waals surface area contributed by atoms with Gasteiger partial charge in [-0.05, 0) is 55.5 Å². The summed E-state index contributed by atoms with van der Waals surface area (Å²) in [5.74, 6) is -0.127. The fourth-order valence-corrected chi connectivity index (χ4v) is 4.20. The number of nitrogens with zero attached hydrogens (tertiary/aromatic N) is 1. The van der Waals surface area contributed by atoms with Gasteiger partial charge in [0.2, 0.25) is 11.8 Å². The molecule has 0 saturated heterocycles. The number of hydrogen-bond acceptors (Lipinski definition) is 2. The second kappa shape index (κ2) is 13.2. The summed E-state index contributed by atoms with van der Waals surface area (Å²) in [6.45, 7) is 6.48. The van der Waals surface area contributed by atoms with Gasteiger partial charge in [0.15, 0.2) is 0 Å². The number of aryl methyl sites for hydroxylation is 2. The quantitative estimate of drug-likeness (QED) is 0.316. The van der Waals surface area contributed by atoms with E-state index in [0.717, 1.165) is 27.6 Å². The number of carbonyl (C=O) groups excluding carboxylic acids is 2. The molecule has 0 bridgehead atoms. The molecule has 3 rings (SSSR count). The zero-order valence-corrected chi connectivity index (χ0v) is 22.4. The summed E-state index contributed by atoms with van der Waals surface area (Å²) in [4.78, 5) is 29.0. The standard InChI is InChI=1S/C30H35BrN2O2/c1-4-23(3)32-30(35)28(20-25-8-6-5-7-9-25)33(21-26-14-17-27(31)18-15-26)29(34)19-16-24-12-10-22(2)11-13-24/h5-15,17-18,23,28H,4,16,19-21H2,1-3H3,(H,32,35)/t23-,28+/m0/s1. The van der Waals surface area contributed by atoms with Crippen molar-refractivity contribution in [1.82, 2.24) is 10.2 Å². The van der Waals surface area contributed by atoms with Gasteiger partial charge in [0.25, 0.3) is 0 Å². The van der Waals surface area contributed by atoms with Gasteiger partial charge in [-0.2, -0.15) is 0 Å². The predicted molar refractivity (Wildman–Crippen MR) is 146 cm³/mol. The normalized spacial score (nSPS) is 12.6. The lowest BCUT2D eigenvalue weighted by molar-refractivity contribution is -0.141. The van der Waals surface area contributed by atoms with Gasteiger partial charge in [0, 0.05) is 29.9 Å². The van der Waals surface area contributed by atoms with Crippen molar-refractivity contribution in [3.05, 3.63) is 106 Å². The van der Waals surface area contributed by atoms with Crippen LogP contribution in [-0.4, -0.2) is 28.8 Å². The SMILES string of the molecule is CC[C@H](C)NC(=O)[C@@H](Cc1ccccc1)N(Cc1ccc(Br)cc1)C(=O)CCc1ccc(C)cc1. The molecule has 0 aliphatic carbocycles. The highest BCUT2D eigenvalue weighted by Crippen LogP contribution is 2.19. The summed E-state index contributed by atoms with van der Waals surface area (Å²) in [5.41, 5.74) is 4.34. The van der Waals surface area contributed by atoms with Crippen LogP contribution in [0.5, 0.6) is 0 Å². The summed E-state index contributed by atoms with van der Waals surface area (Å²) >= 11 is 3.48. The minimum Gasteiger partial charge on any atom is -0.352 e. The van der Waals surface area contributed by atoms with Crippen molar-refractivity contribution in [3.63, 3.8) is 0 Å². The average molecular weight is 536 g/mol. The van der Waals surface area contributed by atoms with E-state index in [9.17, 15) is 9.59 Å². The van der Waals surface area contributed by atoms with Crippen molar-refractivity contribution in [2.45, 2.75) is 65.1 Å². The van der Waals surface area contributed by atoms with Crippen molar-refractivity contribution in [2.75, 3.05) is 0 Å². The molecule has 4 nitrogen and oxygen atoms in total. The molecule has 0 spiro atoms. The van der Waals surface area contributed by atoms with Crippen molar-refractivity contribution in [2.24, 2.45) is 0 Å². The predicted octanol–water partition coefficient (Wildman–Crippen LogP) is 6.24. The van der Waals surface area contributed by atoms with Crippen LogP contribution in [0.15, 0.2) is 83.3 Å². The fourth-order valence-electron chi connectivity index (χ4n) is 3.93. The van der Waals surface area contributed by atoms with Crippen LogP contribution >= 0.6 is 15.9 Å². The Balaban J connectivity index is 1.89. The van der Waals surface area contributed by atoms with Gasteiger partial charge in [-0.15, -0.1) is 0 Å². The molecule has 2 amide bonds. The van der Waals surface area contributed by atoms with Gasteiger partial charge in [0.1, 0.15) is 6.04 Å². The van der Waals surface area contributed by atoms with Gasteiger partial charge in [-0.25, -0.2) is 0 Å². The van der Waals surface area contributed by atoms with E-state index < -0.39 is 6.04 Å². The number of halogens is 1. The molecule has 0 fully saturated rings. The first kappa shape index (κ1) is 26.7. The molecule has 0 heterocycles.